The van der Waals surface area contributed by atoms with Gasteiger partial charge >= 0.3 is 0 Å². The number of hydrogen-bond donors (Lipinski definition) is 1. The summed E-state index contributed by atoms with van der Waals surface area (Å²) in [6.07, 6.45) is 2.69. The summed E-state index contributed by atoms with van der Waals surface area (Å²) >= 11 is 0. The van der Waals surface area contributed by atoms with Crippen LogP contribution in [0, 0.1) is 13.8 Å². The molecule has 0 aliphatic heterocycles. The molecule has 1 aromatic heterocycles. The van der Waals surface area contributed by atoms with Crippen LogP contribution in [0.2, 0.25) is 0 Å². The first-order valence-electron chi connectivity index (χ1n) is 4.79. The zero-order chi connectivity index (χ0) is 10.4. The Morgan fingerprint density at radius 3 is 2.67 bits per heavy atom. The molecule has 1 rings (SSSR count). The summed E-state index contributed by atoms with van der Waals surface area (Å²) in [6, 6.07) is 1.90. The molecule has 15 heavy (non-hydrogen) atoms. The van der Waals surface area contributed by atoms with Crippen molar-refractivity contribution in [3.63, 3.8) is 0 Å². The maximum absolute atomic E-state index is 5.60. The number of nitrogens with zero attached hydrogens (tertiary/aromatic N) is 1. The van der Waals surface area contributed by atoms with E-state index in [-0.39, 0.29) is 6.15 Å². The smallest absolute Gasteiger partial charge is 0.125 e. The van der Waals surface area contributed by atoms with Crippen LogP contribution in [-0.2, 0) is 4.74 Å². The molecule has 1 aromatic rings. The highest BCUT2D eigenvalue weighted by atomic mass is 16.5. The molecule has 86 valence electrons. The van der Waals surface area contributed by atoms with Crippen LogP contribution in [0.1, 0.15) is 17.7 Å². The number of ether oxygens (including phenoxy) is 2. The van der Waals surface area contributed by atoms with Crippen molar-refractivity contribution in [1.29, 1.82) is 0 Å². The summed E-state index contributed by atoms with van der Waals surface area (Å²) < 4.78 is 10.5. The fraction of sp³-hybridized carbons (Fsp3) is 0.545. The van der Waals surface area contributed by atoms with Gasteiger partial charge in [-0.25, -0.2) is 0 Å². The molecule has 0 bridgehead atoms. The van der Waals surface area contributed by atoms with E-state index in [0.29, 0.717) is 6.61 Å². The van der Waals surface area contributed by atoms with Crippen LogP contribution in [-0.4, -0.2) is 25.3 Å². The summed E-state index contributed by atoms with van der Waals surface area (Å²) in [7, 11) is 1.70. The van der Waals surface area contributed by atoms with Gasteiger partial charge in [0.05, 0.1) is 6.61 Å². The van der Waals surface area contributed by atoms with Gasteiger partial charge in [-0.15, -0.1) is 0 Å². The molecule has 0 saturated carbocycles. The van der Waals surface area contributed by atoms with Gasteiger partial charge in [-0.1, -0.05) is 0 Å². The molecule has 0 aliphatic rings. The first-order valence-corrected chi connectivity index (χ1v) is 4.79. The molecule has 3 N–H and O–H groups in total. The highest BCUT2D eigenvalue weighted by Crippen LogP contribution is 2.18. The zero-order valence-electron chi connectivity index (χ0n) is 9.75. The van der Waals surface area contributed by atoms with Gasteiger partial charge in [0.1, 0.15) is 5.75 Å². The largest absolute Gasteiger partial charge is 0.493 e. The summed E-state index contributed by atoms with van der Waals surface area (Å²) in [5.41, 5.74) is 2.14. The van der Waals surface area contributed by atoms with Gasteiger partial charge < -0.3 is 15.6 Å². The predicted octanol–water partition coefficient (Wildman–Crippen LogP) is 2.28. The van der Waals surface area contributed by atoms with Crippen molar-refractivity contribution < 1.29 is 9.47 Å². The molecule has 0 unspecified atom stereocenters. The Hall–Kier alpha value is -1.13. The molecule has 4 heteroatoms. The Morgan fingerprint density at radius 1 is 1.27 bits per heavy atom. The average Bonchev–Trinajstić information content (AvgIpc) is 2.19. The third kappa shape index (κ3) is 4.27. The third-order valence-electron chi connectivity index (χ3n) is 2.16. The quantitative estimate of drug-likeness (QED) is 0.760. The lowest BCUT2D eigenvalue weighted by molar-refractivity contribution is 0.172. The van der Waals surface area contributed by atoms with Gasteiger partial charge in [0.25, 0.3) is 0 Å². The van der Waals surface area contributed by atoms with Gasteiger partial charge in [-0.2, -0.15) is 0 Å². The van der Waals surface area contributed by atoms with E-state index in [0.717, 1.165) is 30.0 Å². The molecule has 0 radical (unpaired) electrons. The summed E-state index contributed by atoms with van der Waals surface area (Å²) in [5, 5.41) is 0. The minimum Gasteiger partial charge on any atom is -0.493 e. The minimum absolute atomic E-state index is 0. The van der Waals surface area contributed by atoms with Crippen LogP contribution in [0.4, 0.5) is 0 Å². The van der Waals surface area contributed by atoms with E-state index >= 15 is 0 Å². The third-order valence-corrected chi connectivity index (χ3v) is 2.16. The molecular weight excluding hydrogens is 192 g/mol. The lowest BCUT2D eigenvalue weighted by Crippen LogP contribution is -2.03. The number of aromatic nitrogens is 1. The molecule has 0 aromatic carbocycles. The van der Waals surface area contributed by atoms with E-state index in [1.807, 2.05) is 19.9 Å². The maximum atomic E-state index is 5.60. The van der Waals surface area contributed by atoms with Crippen LogP contribution < -0.4 is 10.9 Å². The van der Waals surface area contributed by atoms with E-state index in [2.05, 4.69) is 4.98 Å². The number of aryl methyl sites for hydroxylation is 1. The lowest BCUT2D eigenvalue weighted by atomic mass is 10.2. The molecule has 0 aliphatic carbocycles. The fourth-order valence-electron chi connectivity index (χ4n) is 1.16. The summed E-state index contributed by atoms with van der Waals surface area (Å²) in [4.78, 5) is 4.18. The minimum atomic E-state index is 0. The van der Waals surface area contributed by atoms with Gasteiger partial charge in [0, 0.05) is 37.6 Å². The van der Waals surface area contributed by atoms with Crippen molar-refractivity contribution in [3.05, 3.63) is 23.5 Å². The number of methoxy groups -OCH3 is 1. The standard InChI is InChI=1S/C11H17NO2.H3N/c1-9-10(2)12-6-5-11(9)14-8-4-7-13-3;/h5-6H,4,7-8H2,1-3H3;1H3. The van der Waals surface area contributed by atoms with E-state index < -0.39 is 0 Å². The van der Waals surface area contributed by atoms with Crippen LogP contribution in [0.3, 0.4) is 0 Å². The van der Waals surface area contributed by atoms with Crippen molar-refractivity contribution in [2.45, 2.75) is 20.3 Å². The van der Waals surface area contributed by atoms with Crippen LogP contribution in [0.5, 0.6) is 5.75 Å². The average molecular weight is 212 g/mol. The predicted molar refractivity (Wildman–Crippen MR) is 60.7 cm³/mol. The Kier molecular flexibility index (Phi) is 6.66. The second-order valence-electron chi connectivity index (χ2n) is 3.21. The highest BCUT2D eigenvalue weighted by Gasteiger charge is 2.01. The van der Waals surface area contributed by atoms with Crippen LogP contribution >= 0.6 is 0 Å². The fourth-order valence-corrected chi connectivity index (χ4v) is 1.16. The molecule has 0 saturated heterocycles. The zero-order valence-corrected chi connectivity index (χ0v) is 9.75. The van der Waals surface area contributed by atoms with Crippen molar-refractivity contribution in [3.8, 4) is 5.75 Å². The highest BCUT2D eigenvalue weighted by molar-refractivity contribution is 5.33. The van der Waals surface area contributed by atoms with E-state index in [4.69, 9.17) is 9.47 Å². The normalized spacial score (nSPS) is 9.53. The number of hydrogen-bond acceptors (Lipinski definition) is 4. The SMILES string of the molecule is COCCCOc1ccnc(C)c1C.N. The van der Waals surface area contributed by atoms with E-state index in [1.165, 1.54) is 0 Å². The summed E-state index contributed by atoms with van der Waals surface area (Å²) in [5.74, 6) is 0.925. The van der Waals surface area contributed by atoms with Crippen LogP contribution in [0.25, 0.3) is 0 Å². The molecule has 1 heterocycles. The molecule has 4 nitrogen and oxygen atoms in total. The maximum Gasteiger partial charge on any atom is 0.125 e. The van der Waals surface area contributed by atoms with Crippen molar-refractivity contribution in [2.75, 3.05) is 20.3 Å². The number of rotatable bonds is 5. The molecule has 0 fully saturated rings. The van der Waals surface area contributed by atoms with Crippen molar-refractivity contribution in [1.82, 2.24) is 11.1 Å². The second kappa shape index (κ2) is 7.20. The molecule has 0 amide bonds. The van der Waals surface area contributed by atoms with Gasteiger partial charge in [0.15, 0.2) is 0 Å². The molecule has 0 atom stereocenters. The Labute approximate surface area is 91.2 Å². The van der Waals surface area contributed by atoms with Crippen LogP contribution in [0.15, 0.2) is 12.3 Å². The first-order chi connectivity index (χ1) is 6.75. The lowest BCUT2D eigenvalue weighted by Gasteiger charge is -2.09. The second-order valence-corrected chi connectivity index (χ2v) is 3.21. The topological polar surface area (TPSA) is 66.3 Å². The molecular formula is C11H20N2O2. The van der Waals surface area contributed by atoms with Gasteiger partial charge in [-0.05, 0) is 19.9 Å². The Bertz CT molecular complexity index is 290. The monoisotopic (exact) mass is 212 g/mol. The number of pyridine rings is 1. The molecule has 0 spiro atoms. The Morgan fingerprint density at radius 2 is 2.00 bits per heavy atom. The van der Waals surface area contributed by atoms with E-state index in [9.17, 15) is 0 Å². The van der Waals surface area contributed by atoms with Crippen molar-refractivity contribution >= 4 is 0 Å². The van der Waals surface area contributed by atoms with Crippen molar-refractivity contribution in [2.24, 2.45) is 0 Å². The van der Waals surface area contributed by atoms with Gasteiger partial charge in [-0.3, -0.25) is 4.98 Å². The Balaban J connectivity index is 0.00000196. The first kappa shape index (κ1) is 13.9. The summed E-state index contributed by atoms with van der Waals surface area (Å²) in [6.45, 7) is 5.44. The van der Waals surface area contributed by atoms with Gasteiger partial charge in [0.2, 0.25) is 0 Å². The van der Waals surface area contributed by atoms with E-state index in [1.54, 1.807) is 13.3 Å².